The first-order valence-electron chi connectivity index (χ1n) is 7.65. The first-order valence-corrected chi connectivity index (χ1v) is 7.65. The molecule has 0 aliphatic carbocycles. The van der Waals surface area contributed by atoms with Gasteiger partial charge in [0.05, 0.1) is 11.0 Å². The van der Waals surface area contributed by atoms with Gasteiger partial charge in [0, 0.05) is 25.5 Å². The van der Waals surface area contributed by atoms with Crippen molar-refractivity contribution in [3.05, 3.63) is 69.4 Å². The quantitative estimate of drug-likeness (QED) is 0.489. The van der Waals surface area contributed by atoms with Crippen LogP contribution in [0, 0.1) is 0 Å². The van der Waals surface area contributed by atoms with Crippen LogP contribution in [0.1, 0.15) is 10.5 Å². The Morgan fingerprint density at radius 1 is 1.16 bits per heavy atom. The summed E-state index contributed by atoms with van der Waals surface area (Å²) in [5, 5.41) is 2.69. The number of imidazole rings is 1. The molecule has 0 spiro atoms. The second-order valence-corrected chi connectivity index (χ2v) is 5.50. The predicted octanol–water partition coefficient (Wildman–Crippen LogP) is 0.0956. The molecule has 0 unspecified atom stereocenters. The van der Waals surface area contributed by atoms with Gasteiger partial charge >= 0.3 is 11.4 Å². The number of fused-ring (bicyclic) bond motifs is 2. The molecule has 0 fully saturated rings. The molecule has 0 atom stereocenters. The van der Waals surface area contributed by atoms with E-state index in [0.29, 0.717) is 16.7 Å². The molecule has 0 aliphatic heterocycles. The molecule has 126 valence electrons. The first kappa shape index (κ1) is 14.9. The summed E-state index contributed by atoms with van der Waals surface area (Å²) in [6.45, 7) is 0.482. The lowest BCUT2D eigenvalue weighted by Crippen LogP contribution is -2.32. The fraction of sp³-hybridized carbons (Fsp3) is 0.125. The van der Waals surface area contributed by atoms with Gasteiger partial charge in [0.15, 0.2) is 5.65 Å². The van der Waals surface area contributed by atoms with Crippen molar-refractivity contribution in [3.8, 4) is 0 Å². The van der Waals surface area contributed by atoms with E-state index in [-0.39, 0.29) is 30.2 Å². The molecule has 0 radical (unpaired) electrons. The SMILES string of the molecule is O=C(NCCn1c(=O)[nH]c2cccnc21)c1cc2cccn2c(=O)[nH]1. The van der Waals surface area contributed by atoms with Crippen LogP contribution in [0.25, 0.3) is 16.7 Å². The summed E-state index contributed by atoms with van der Waals surface area (Å²) in [6, 6.07) is 8.55. The molecule has 9 nitrogen and oxygen atoms in total. The van der Waals surface area contributed by atoms with E-state index < -0.39 is 5.91 Å². The Bertz CT molecular complexity index is 1200. The summed E-state index contributed by atoms with van der Waals surface area (Å²) >= 11 is 0. The number of hydrogen-bond acceptors (Lipinski definition) is 4. The lowest BCUT2D eigenvalue weighted by molar-refractivity contribution is 0.0947. The van der Waals surface area contributed by atoms with E-state index in [1.165, 1.54) is 8.97 Å². The van der Waals surface area contributed by atoms with E-state index in [1.807, 2.05) is 0 Å². The molecule has 0 saturated carbocycles. The molecule has 9 heteroatoms. The second-order valence-electron chi connectivity index (χ2n) is 5.50. The van der Waals surface area contributed by atoms with Gasteiger partial charge in [-0.1, -0.05) is 0 Å². The third-order valence-corrected chi connectivity index (χ3v) is 3.93. The minimum atomic E-state index is -0.415. The van der Waals surface area contributed by atoms with Gasteiger partial charge in [0.1, 0.15) is 5.69 Å². The molecule has 4 rings (SSSR count). The molecule has 0 aromatic carbocycles. The maximum Gasteiger partial charge on any atom is 0.330 e. The Kier molecular flexibility index (Phi) is 3.46. The van der Waals surface area contributed by atoms with Crippen LogP contribution in [-0.4, -0.2) is 36.4 Å². The Labute approximate surface area is 139 Å². The number of pyridine rings is 1. The van der Waals surface area contributed by atoms with Crippen molar-refractivity contribution in [2.45, 2.75) is 6.54 Å². The Morgan fingerprint density at radius 2 is 2.04 bits per heavy atom. The van der Waals surface area contributed by atoms with E-state index in [2.05, 4.69) is 20.3 Å². The first-order chi connectivity index (χ1) is 12.1. The largest absolute Gasteiger partial charge is 0.349 e. The summed E-state index contributed by atoms with van der Waals surface area (Å²) in [5.41, 5.74) is 1.30. The van der Waals surface area contributed by atoms with Crippen LogP contribution < -0.4 is 16.7 Å². The second kappa shape index (κ2) is 5.78. The van der Waals surface area contributed by atoms with E-state index in [4.69, 9.17) is 0 Å². The van der Waals surface area contributed by atoms with Gasteiger partial charge in [-0.2, -0.15) is 0 Å². The molecule has 0 saturated heterocycles. The highest BCUT2D eigenvalue weighted by Gasteiger charge is 2.11. The lowest BCUT2D eigenvalue weighted by atomic mass is 10.3. The maximum absolute atomic E-state index is 12.2. The number of carbonyl (C=O) groups excluding carboxylic acids is 1. The van der Waals surface area contributed by atoms with Crippen molar-refractivity contribution < 1.29 is 4.79 Å². The number of aromatic amines is 2. The number of aromatic nitrogens is 5. The number of H-pyrrole nitrogens is 2. The van der Waals surface area contributed by atoms with Crippen LogP contribution in [-0.2, 0) is 6.54 Å². The molecule has 3 N–H and O–H groups in total. The molecule has 1 amide bonds. The Hall–Kier alpha value is -3.62. The molecule has 0 bridgehead atoms. The highest BCUT2D eigenvalue weighted by atomic mass is 16.2. The van der Waals surface area contributed by atoms with Gasteiger partial charge in [-0.05, 0) is 30.3 Å². The minimum Gasteiger partial charge on any atom is -0.349 e. The number of rotatable bonds is 4. The van der Waals surface area contributed by atoms with E-state index in [9.17, 15) is 14.4 Å². The fourth-order valence-corrected chi connectivity index (χ4v) is 2.75. The zero-order valence-corrected chi connectivity index (χ0v) is 13.0. The van der Waals surface area contributed by atoms with Crippen LogP contribution in [0.4, 0.5) is 0 Å². The normalized spacial score (nSPS) is 11.2. The average Bonchev–Trinajstić information content (AvgIpc) is 3.19. The molecule has 25 heavy (non-hydrogen) atoms. The minimum absolute atomic E-state index is 0.167. The van der Waals surface area contributed by atoms with Crippen molar-refractivity contribution in [3.63, 3.8) is 0 Å². The number of nitrogens with one attached hydrogen (secondary N) is 3. The summed E-state index contributed by atoms with van der Waals surface area (Å²) in [6.07, 6.45) is 3.22. The van der Waals surface area contributed by atoms with Crippen LogP contribution >= 0.6 is 0 Å². The molecular formula is C16H14N6O3. The van der Waals surface area contributed by atoms with Crippen molar-refractivity contribution in [2.24, 2.45) is 0 Å². The highest BCUT2D eigenvalue weighted by molar-refractivity contribution is 5.93. The van der Waals surface area contributed by atoms with Crippen molar-refractivity contribution in [1.82, 2.24) is 29.2 Å². The maximum atomic E-state index is 12.2. The molecule has 0 aliphatic rings. The van der Waals surface area contributed by atoms with E-state index >= 15 is 0 Å². The summed E-state index contributed by atoms with van der Waals surface area (Å²) in [4.78, 5) is 45.5. The summed E-state index contributed by atoms with van der Waals surface area (Å²) < 4.78 is 2.86. The number of nitrogens with zero attached hydrogens (tertiary/aromatic N) is 3. The molecule has 4 aromatic rings. The molecule has 4 heterocycles. The molecule has 4 aromatic heterocycles. The highest BCUT2D eigenvalue weighted by Crippen LogP contribution is 2.05. The van der Waals surface area contributed by atoms with E-state index in [1.54, 1.807) is 42.7 Å². The summed E-state index contributed by atoms with van der Waals surface area (Å²) in [7, 11) is 0. The predicted molar refractivity (Wildman–Crippen MR) is 90.7 cm³/mol. The van der Waals surface area contributed by atoms with Gasteiger partial charge in [-0.3, -0.25) is 13.8 Å². The lowest BCUT2D eigenvalue weighted by Gasteiger charge is -2.06. The average molecular weight is 338 g/mol. The third kappa shape index (κ3) is 2.61. The number of hydrogen-bond donors (Lipinski definition) is 3. The smallest absolute Gasteiger partial charge is 0.330 e. The Morgan fingerprint density at radius 3 is 2.92 bits per heavy atom. The monoisotopic (exact) mass is 338 g/mol. The standard InChI is InChI=1S/C16H14N6O3/c23-14(12-9-10-3-2-7-21(10)15(24)20-12)18-6-8-22-13-11(19-16(22)25)4-1-5-17-13/h1-5,7,9H,6,8H2,(H,18,23)(H,19,25)(H,20,24). The van der Waals surface area contributed by atoms with Crippen molar-refractivity contribution in [1.29, 1.82) is 0 Å². The van der Waals surface area contributed by atoms with E-state index in [0.717, 1.165) is 0 Å². The van der Waals surface area contributed by atoms with Gasteiger partial charge in [0.25, 0.3) is 5.91 Å². The van der Waals surface area contributed by atoms with Crippen LogP contribution in [0.2, 0.25) is 0 Å². The van der Waals surface area contributed by atoms with Crippen LogP contribution in [0.15, 0.2) is 52.3 Å². The van der Waals surface area contributed by atoms with Crippen LogP contribution in [0.5, 0.6) is 0 Å². The third-order valence-electron chi connectivity index (χ3n) is 3.93. The van der Waals surface area contributed by atoms with Crippen molar-refractivity contribution in [2.75, 3.05) is 6.54 Å². The zero-order valence-electron chi connectivity index (χ0n) is 13.0. The topological polar surface area (TPSA) is 117 Å². The zero-order chi connectivity index (χ0) is 17.4. The fourth-order valence-electron chi connectivity index (χ4n) is 2.75. The van der Waals surface area contributed by atoms with Gasteiger partial charge < -0.3 is 15.3 Å². The number of carbonyl (C=O) groups is 1. The molecular weight excluding hydrogens is 324 g/mol. The van der Waals surface area contributed by atoms with Crippen molar-refractivity contribution >= 4 is 22.6 Å². The number of amides is 1. The van der Waals surface area contributed by atoms with Gasteiger partial charge in [-0.15, -0.1) is 0 Å². The summed E-state index contributed by atoms with van der Waals surface area (Å²) in [5.74, 6) is -0.415. The Balaban J connectivity index is 1.50. The van der Waals surface area contributed by atoms with Crippen LogP contribution in [0.3, 0.4) is 0 Å². The van der Waals surface area contributed by atoms with Gasteiger partial charge in [0.2, 0.25) is 0 Å². The van der Waals surface area contributed by atoms with Gasteiger partial charge in [-0.25, -0.2) is 14.6 Å².